The molecular formula is C32H40O4. The molecule has 0 bridgehead atoms. The molecule has 36 heavy (non-hydrogen) atoms. The lowest BCUT2D eigenvalue weighted by atomic mass is 9.71. The molecule has 4 nitrogen and oxygen atoms in total. The molecule has 3 atom stereocenters. The molecule has 0 saturated heterocycles. The summed E-state index contributed by atoms with van der Waals surface area (Å²) in [5.74, 6) is 0.483. The first-order valence-electron chi connectivity index (χ1n) is 13.4. The second-order valence-electron chi connectivity index (χ2n) is 10.7. The number of ketones is 4. The number of hydrogen-bond donors (Lipinski definition) is 0. The minimum atomic E-state index is -0.134. The van der Waals surface area contributed by atoms with Crippen molar-refractivity contribution in [1.29, 1.82) is 0 Å². The molecule has 0 amide bonds. The van der Waals surface area contributed by atoms with Crippen molar-refractivity contribution < 1.29 is 19.2 Å². The van der Waals surface area contributed by atoms with E-state index in [2.05, 4.69) is 25.1 Å². The van der Waals surface area contributed by atoms with E-state index >= 15 is 0 Å². The maximum absolute atomic E-state index is 13.4. The van der Waals surface area contributed by atoms with Crippen molar-refractivity contribution in [3.63, 3.8) is 0 Å². The molecule has 0 heterocycles. The van der Waals surface area contributed by atoms with Gasteiger partial charge in [0.25, 0.3) is 0 Å². The van der Waals surface area contributed by atoms with Crippen molar-refractivity contribution in [1.82, 2.24) is 0 Å². The largest absolute Gasteiger partial charge is 0.300 e. The van der Waals surface area contributed by atoms with Gasteiger partial charge in [-0.1, -0.05) is 63.1 Å². The van der Waals surface area contributed by atoms with Gasteiger partial charge in [-0.05, 0) is 79.7 Å². The van der Waals surface area contributed by atoms with E-state index in [0.717, 1.165) is 65.5 Å². The Morgan fingerprint density at radius 3 is 2.39 bits per heavy atom. The fraction of sp³-hybridized carbons (Fsp3) is 0.500. The smallest absolute Gasteiger partial charge is 0.163 e. The average molecular weight is 489 g/mol. The molecule has 0 radical (unpaired) electrons. The van der Waals surface area contributed by atoms with E-state index in [1.54, 1.807) is 6.92 Å². The summed E-state index contributed by atoms with van der Waals surface area (Å²) in [6.45, 7) is 9.24. The second-order valence-corrected chi connectivity index (χ2v) is 10.7. The first-order valence-corrected chi connectivity index (χ1v) is 13.4. The number of hydrogen-bond acceptors (Lipinski definition) is 4. The Bertz CT molecular complexity index is 1140. The van der Waals surface area contributed by atoms with Crippen molar-refractivity contribution in [2.75, 3.05) is 0 Å². The molecule has 0 aliphatic heterocycles. The number of carbonyl (C=O) groups is 4. The standard InChI is InChI=1S/C32H40O4/c1-6-9-25(27(7-2)30(35)15-22(5)34)17-24-18-29-28(13-12-20(3)32(29)31(36)19-24)26-11-8-10-23(16-26)14-21(4)33/h8,10-13,16,24-25,27H,6-7,9,14-15,17-19H2,1-5H3. The lowest BCUT2D eigenvalue weighted by Crippen LogP contribution is -2.30. The van der Waals surface area contributed by atoms with E-state index in [1.807, 2.05) is 32.0 Å². The summed E-state index contributed by atoms with van der Waals surface area (Å²) in [7, 11) is 0. The van der Waals surface area contributed by atoms with Crippen LogP contribution in [0.3, 0.4) is 0 Å². The highest BCUT2D eigenvalue weighted by molar-refractivity contribution is 6.02. The Morgan fingerprint density at radius 2 is 1.75 bits per heavy atom. The molecular weight excluding hydrogens is 448 g/mol. The van der Waals surface area contributed by atoms with Gasteiger partial charge in [0.1, 0.15) is 17.3 Å². The van der Waals surface area contributed by atoms with E-state index < -0.39 is 0 Å². The first kappa shape index (κ1) is 27.7. The molecule has 2 aromatic rings. The van der Waals surface area contributed by atoms with E-state index in [-0.39, 0.29) is 47.3 Å². The Balaban J connectivity index is 1.94. The summed E-state index contributed by atoms with van der Waals surface area (Å²) in [6, 6.07) is 12.2. The van der Waals surface area contributed by atoms with Gasteiger partial charge >= 0.3 is 0 Å². The highest BCUT2D eigenvalue weighted by Crippen LogP contribution is 2.40. The quantitative estimate of drug-likeness (QED) is 0.304. The summed E-state index contributed by atoms with van der Waals surface area (Å²) >= 11 is 0. The highest BCUT2D eigenvalue weighted by atomic mass is 16.1. The second kappa shape index (κ2) is 12.4. The maximum atomic E-state index is 13.4. The van der Waals surface area contributed by atoms with Crippen LogP contribution in [0, 0.1) is 24.7 Å². The predicted octanol–water partition coefficient (Wildman–Crippen LogP) is 6.92. The molecule has 2 aromatic carbocycles. The minimum Gasteiger partial charge on any atom is -0.300 e. The van der Waals surface area contributed by atoms with E-state index in [0.29, 0.717) is 12.8 Å². The predicted molar refractivity (Wildman–Crippen MR) is 144 cm³/mol. The molecule has 1 aliphatic carbocycles. The summed E-state index contributed by atoms with van der Waals surface area (Å²) in [5.41, 5.74) is 6.01. The van der Waals surface area contributed by atoms with E-state index in [1.165, 1.54) is 6.92 Å². The fourth-order valence-electron chi connectivity index (χ4n) is 6.15. The maximum Gasteiger partial charge on any atom is 0.163 e. The van der Waals surface area contributed by atoms with Crippen LogP contribution in [-0.2, 0) is 27.2 Å². The van der Waals surface area contributed by atoms with Crippen molar-refractivity contribution in [3.8, 4) is 11.1 Å². The van der Waals surface area contributed by atoms with Crippen LogP contribution in [0.15, 0.2) is 36.4 Å². The molecule has 0 spiro atoms. The SMILES string of the molecule is CCCC(CC1CC(=O)c2c(C)ccc(-c3cccc(CC(C)=O)c3)c2C1)C(CC)C(=O)CC(C)=O. The Morgan fingerprint density at radius 1 is 1.00 bits per heavy atom. The molecule has 4 heteroatoms. The van der Waals surface area contributed by atoms with Crippen LogP contribution in [0.4, 0.5) is 0 Å². The molecule has 3 unspecified atom stereocenters. The van der Waals surface area contributed by atoms with Gasteiger partial charge in [-0.15, -0.1) is 0 Å². The van der Waals surface area contributed by atoms with Gasteiger partial charge in [-0.25, -0.2) is 0 Å². The monoisotopic (exact) mass is 488 g/mol. The van der Waals surface area contributed by atoms with Crippen molar-refractivity contribution in [2.24, 2.45) is 17.8 Å². The molecule has 1 aliphatic rings. The third-order valence-corrected chi connectivity index (χ3v) is 7.60. The Hall–Kier alpha value is -2.88. The van der Waals surface area contributed by atoms with Crippen LogP contribution in [0.2, 0.25) is 0 Å². The topological polar surface area (TPSA) is 68.3 Å². The number of fused-ring (bicyclic) bond motifs is 1. The van der Waals surface area contributed by atoms with Crippen LogP contribution in [-0.4, -0.2) is 23.1 Å². The highest BCUT2D eigenvalue weighted by Gasteiger charge is 2.34. The van der Waals surface area contributed by atoms with Gasteiger partial charge in [0.15, 0.2) is 5.78 Å². The van der Waals surface area contributed by atoms with Crippen LogP contribution >= 0.6 is 0 Å². The van der Waals surface area contributed by atoms with Gasteiger partial charge in [0.2, 0.25) is 0 Å². The van der Waals surface area contributed by atoms with Crippen LogP contribution < -0.4 is 0 Å². The lowest BCUT2D eigenvalue weighted by Gasteiger charge is -2.32. The molecule has 0 fully saturated rings. The lowest BCUT2D eigenvalue weighted by molar-refractivity contribution is -0.130. The van der Waals surface area contributed by atoms with Crippen molar-refractivity contribution >= 4 is 23.1 Å². The van der Waals surface area contributed by atoms with Crippen LogP contribution in [0.1, 0.15) is 93.3 Å². The molecule has 0 saturated carbocycles. The molecule has 3 rings (SSSR count). The summed E-state index contributed by atoms with van der Waals surface area (Å²) in [5, 5.41) is 0. The number of benzene rings is 2. The third kappa shape index (κ3) is 6.66. The third-order valence-electron chi connectivity index (χ3n) is 7.60. The zero-order chi connectivity index (χ0) is 26.4. The minimum absolute atomic E-state index is 0.00506. The Kier molecular flexibility index (Phi) is 9.53. The number of rotatable bonds is 12. The average Bonchev–Trinajstić information content (AvgIpc) is 2.79. The zero-order valence-electron chi connectivity index (χ0n) is 22.5. The van der Waals surface area contributed by atoms with Crippen molar-refractivity contribution in [2.45, 2.75) is 86.0 Å². The first-order chi connectivity index (χ1) is 17.1. The molecule has 192 valence electrons. The number of carbonyl (C=O) groups excluding carboxylic acids is 4. The summed E-state index contributed by atoms with van der Waals surface area (Å²) in [4.78, 5) is 49.6. The van der Waals surface area contributed by atoms with Gasteiger partial charge in [0, 0.05) is 24.3 Å². The number of aryl methyl sites for hydroxylation is 1. The molecule has 0 aromatic heterocycles. The summed E-state index contributed by atoms with van der Waals surface area (Å²) < 4.78 is 0. The normalized spacial score (nSPS) is 16.8. The fourth-order valence-corrected chi connectivity index (χ4v) is 6.15. The van der Waals surface area contributed by atoms with Crippen molar-refractivity contribution in [3.05, 3.63) is 58.7 Å². The number of Topliss-reactive ketones (excluding diaryl/α,β-unsaturated/α-hetero) is 4. The van der Waals surface area contributed by atoms with Gasteiger partial charge in [0.05, 0.1) is 6.42 Å². The van der Waals surface area contributed by atoms with Gasteiger partial charge < -0.3 is 0 Å². The van der Waals surface area contributed by atoms with Crippen LogP contribution in [0.5, 0.6) is 0 Å². The zero-order valence-corrected chi connectivity index (χ0v) is 22.5. The van der Waals surface area contributed by atoms with Crippen LogP contribution in [0.25, 0.3) is 11.1 Å². The Labute approximate surface area is 215 Å². The van der Waals surface area contributed by atoms with Gasteiger partial charge in [-0.3, -0.25) is 19.2 Å². The van der Waals surface area contributed by atoms with E-state index in [9.17, 15) is 19.2 Å². The summed E-state index contributed by atoms with van der Waals surface area (Å²) in [6.07, 6.45) is 5.14. The molecule has 0 N–H and O–H groups in total. The van der Waals surface area contributed by atoms with Gasteiger partial charge in [-0.2, -0.15) is 0 Å². The van der Waals surface area contributed by atoms with E-state index in [4.69, 9.17) is 0 Å².